The zero-order chi connectivity index (χ0) is 26.7. The molecule has 5 aromatic rings. The van der Waals surface area contributed by atoms with Crippen molar-refractivity contribution in [2.24, 2.45) is 0 Å². The predicted molar refractivity (Wildman–Crippen MR) is 144 cm³/mol. The molecule has 6 rings (SSSR count). The molecule has 0 spiro atoms. The number of aliphatic hydroxyl groups is 1. The maximum Gasteiger partial charge on any atom is 0.301 e. The number of benzene rings is 2. The third kappa shape index (κ3) is 3.52. The number of carbonyl (C=O) groups excluding carboxylic acids is 2. The number of hydrogen-bond donors (Lipinski definition) is 2. The number of rotatable bonds is 4. The average molecular weight is 527 g/mol. The van der Waals surface area contributed by atoms with Crippen LogP contribution >= 0.6 is 11.3 Å². The first-order valence-corrected chi connectivity index (χ1v) is 12.6. The highest BCUT2D eigenvalue weighted by Crippen LogP contribution is 2.45. The number of nitrogens with zero attached hydrogens (tertiary/aromatic N) is 4. The van der Waals surface area contributed by atoms with Crippen LogP contribution in [-0.2, 0) is 9.59 Å². The number of imidazole rings is 1. The van der Waals surface area contributed by atoms with Crippen LogP contribution in [0.15, 0.2) is 66.4 Å². The van der Waals surface area contributed by atoms with Crippen molar-refractivity contribution < 1.29 is 24.5 Å². The third-order valence-corrected chi connectivity index (χ3v) is 7.77. The van der Waals surface area contributed by atoms with Gasteiger partial charge in [0.25, 0.3) is 5.78 Å². The molecule has 0 bridgehead atoms. The summed E-state index contributed by atoms with van der Waals surface area (Å²) in [6, 6.07) is 14.3. The lowest BCUT2D eigenvalue weighted by Gasteiger charge is -2.22. The second-order valence-electron chi connectivity index (χ2n) is 9.02. The molecule has 1 fully saturated rings. The Morgan fingerprint density at radius 1 is 1.05 bits per heavy atom. The van der Waals surface area contributed by atoms with Gasteiger partial charge in [-0.25, -0.2) is 9.97 Å². The van der Waals surface area contributed by atoms with Gasteiger partial charge in [0.05, 0.1) is 34.6 Å². The summed E-state index contributed by atoms with van der Waals surface area (Å²) in [5.74, 6) is -1.35. The van der Waals surface area contributed by atoms with Crippen LogP contribution in [0.5, 0.6) is 11.5 Å². The Labute approximate surface area is 220 Å². The van der Waals surface area contributed by atoms with Gasteiger partial charge in [0, 0.05) is 6.20 Å². The van der Waals surface area contributed by atoms with Crippen LogP contribution in [0, 0.1) is 13.8 Å². The molecule has 0 radical (unpaired) electrons. The molecule has 1 atom stereocenters. The molecule has 2 N–H and O–H groups in total. The molecule has 0 aliphatic carbocycles. The van der Waals surface area contributed by atoms with E-state index < -0.39 is 17.7 Å². The lowest BCUT2D eigenvalue weighted by molar-refractivity contribution is -0.132. The van der Waals surface area contributed by atoms with Gasteiger partial charge in [0.15, 0.2) is 10.9 Å². The number of carbonyl (C=O) groups is 2. The van der Waals surface area contributed by atoms with Gasteiger partial charge in [-0.05, 0) is 61.4 Å². The van der Waals surface area contributed by atoms with Gasteiger partial charge in [-0.2, -0.15) is 0 Å². The van der Waals surface area contributed by atoms with E-state index in [2.05, 4.69) is 9.97 Å². The number of ketones is 1. The number of thiazole rings is 1. The largest absolute Gasteiger partial charge is 0.508 e. The Hall–Kier alpha value is -4.70. The molecule has 1 aliphatic heterocycles. The van der Waals surface area contributed by atoms with Crippen LogP contribution in [0.25, 0.3) is 21.6 Å². The number of hydrogen-bond acceptors (Lipinski definition) is 8. The molecule has 190 valence electrons. The first-order valence-electron chi connectivity index (χ1n) is 11.8. The topological polar surface area (TPSA) is 117 Å². The number of aromatic nitrogens is 3. The highest BCUT2D eigenvalue weighted by atomic mass is 32.1. The summed E-state index contributed by atoms with van der Waals surface area (Å²) in [6.45, 7) is 3.70. The fourth-order valence-electron chi connectivity index (χ4n) is 4.80. The number of aliphatic hydroxyl groups excluding tert-OH is 1. The Kier molecular flexibility index (Phi) is 5.42. The Bertz CT molecular complexity index is 1800. The second-order valence-corrected chi connectivity index (χ2v) is 10.0. The highest BCUT2D eigenvalue weighted by Gasteiger charge is 2.48. The minimum Gasteiger partial charge on any atom is -0.508 e. The minimum absolute atomic E-state index is 0.0319. The van der Waals surface area contributed by atoms with E-state index in [0.29, 0.717) is 33.3 Å². The summed E-state index contributed by atoms with van der Waals surface area (Å²) in [4.78, 5) is 37.6. The van der Waals surface area contributed by atoms with Crippen molar-refractivity contribution in [2.75, 3.05) is 12.0 Å². The molecular weight excluding hydrogens is 504 g/mol. The molecule has 1 unspecified atom stereocenters. The molecule has 1 amide bonds. The van der Waals surface area contributed by atoms with E-state index in [1.807, 2.05) is 35.7 Å². The monoisotopic (exact) mass is 526 g/mol. The molecule has 4 heterocycles. The Morgan fingerprint density at radius 3 is 2.53 bits per heavy atom. The number of phenols is 1. The van der Waals surface area contributed by atoms with E-state index >= 15 is 0 Å². The van der Waals surface area contributed by atoms with Crippen LogP contribution in [-0.4, -0.2) is 43.4 Å². The number of pyridine rings is 1. The molecule has 0 saturated carbocycles. The molecular formula is C28H22N4O5S. The van der Waals surface area contributed by atoms with Crippen LogP contribution in [0.3, 0.4) is 0 Å². The third-order valence-electron chi connectivity index (χ3n) is 6.75. The highest BCUT2D eigenvalue weighted by molar-refractivity contribution is 7.22. The van der Waals surface area contributed by atoms with E-state index in [1.165, 1.54) is 28.4 Å². The van der Waals surface area contributed by atoms with Gasteiger partial charge in [-0.3, -0.25) is 14.5 Å². The number of Topliss-reactive ketones (excluding diaryl/α,β-unsaturated/α-hetero) is 1. The average Bonchev–Trinajstić information content (AvgIpc) is 3.56. The summed E-state index contributed by atoms with van der Waals surface area (Å²) in [5, 5.41) is 21.7. The number of aromatic hydroxyl groups is 1. The van der Waals surface area contributed by atoms with Crippen LogP contribution < -0.4 is 9.64 Å². The number of phenolic OH excluding ortho intramolecular Hbond substituents is 1. The lowest BCUT2D eigenvalue weighted by atomic mass is 9.96. The van der Waals surface area contributed by atoms with E-state index in [1.54, 1.807) is 38.3 Å². The summed E-state index contributed by atoms with van der Waals surface area (Å²) in [7, 11) is 1.56. The molecule has 9 nitrogen and oxygen atoms in total. The zero-order valence-electron chi connectivity index (χ0n) is 20.7. The fraction of sp³-hybridized carbons (Fsp3) is 0.143. The van der Waals surface area contributed by atoms with E-state index in [0.717, 1.165) is 10.3 Å². The minimum atomic E-state index is -0.983. The van der Waals surface area contributed by atoms with Crippen molar-refractivity contribution in [2.45, 2.75) is 19.9 Å². The second kappa shape index (κ2) is 8.70. The maximum atomic E-state index is 13.5. The number of anilines is 1. The van der Waals surface area contributed by atoms with Gasteiger partial charge in [0.1, 0.15) is 22.8 Å². The zero-order valence-corrected chi connectivity index (χ0v) is 21.5. The summed E-state index contributed by atoms with van der Waals surface area (Å²) < 4.78 is 7.92. The summed E-state index contributed by atoms with van der Waals surface area (Å²) in [6.07, 6.45) is 1.83. The predicted octanol–water partition coefficient (Wildman–Crippen LogP) is 4.90. The fourth-order valence-corrected chi connectivity index (χ4v) is 5.82. The van der Waals surface area contributed by atoms with Gasteiger partial charge in [0.2, 0.25) is 0 Å². The van der Waals surface area contributed by atoms with Gasteiger partial charge >= 0.3 is 5.91 Å². The lowest BCUT2D eigenvalue weighted by Crippen LogP contribution is -2.29. The van der Waals surface area contributed by atoms with E-state index in [9.17, 15) is 19.8 Å². The van der Waals surface area contributed by atoms with Gasteiger partial charge in [-0.1, -0.05) is 29.5 Å². The van der Waals surface area contributed by atoms with Gasteiger partial charge in [-0.15, -0.1) is 0 Å². The van der Waals surface area contributed by atoms with Crippen molar-refractivity contribution in [3.8, 4) is 11.5 Å². The van der Waals surface area contributed by atoms with E-state index in [-0.39, 0.29) is 22.8 Å². The van der Waals surface area contributed by atoms with Gasteiger partial charge < -0.3 is 19.4 Å². The SMILES string of the molecule is COc1ccc2nc(N3C(=O)C(=O)/C(=C(/O)c4nc5c(C)cccn5c4C)C3c3ccc(O)cc3)sc2c1. The number of fused-ring (bicyclic) bond motifs is 2. The van der Waals surface area contributed by atoms with Crippen molar-refractivity contribution in [3.05, 3.63) is 88.9 Å². The normalized spacial score (nSPS) is 17.1. The molecule has 2 aromatic carbocycles. The van der Waals surface area contributed by atoms with Crippen molar-refractivity contribution in [3.63, 3.8) is 0 Å². The van der Waals surface area contributed by atoms with Crippen molar-refractivity contribution in [1.82, 2.24) is 14.4 Å². The molecule has 3 aromatic heterocycles. The smallest absolute Gasteiger partial charge is 0.301 e. The summed E-state index contributed by atoms with van der Waals surface area (Å²) >= 11 is 1.24. The van der Waals surface area contributed by atoms with E-state index in [4.69, 9.17) is 4.74 Å². The molecule has 1 saturated heterocycles. The first-order chi connectivity index (χ1) is 18.3. The Balaban J connectivity index is 1.58. The quantitative estimate of drug-likeness (QED) is 0.194. The molecule has 38 heavy (non-hydrogen) atoms. The molecule has 10 heteroatoms. The van der Waals surface area contributed by atoms with Crippen LogP contribution in [0.4, 0.5) is 5.13 Å². The number of aryl methyl sites for hydroxylation is 2. The standard InChI is InChI=1S/C28H22N4O5S/c1-14-5-4-12-31-15(2)22(30-26(14)31)24(34)21-23(16-6-8-17(33)9-7-16)32(27(36)25(21)35)28-29-19-11-10-18(37-3)13-20(19)38-28/h4-13,23,33-34H,1-3H3/b24-21+. The number of amides is 1. The van der Waals surface area contributed by atoms with Crippen LogP contribution in [0.2, 0.25) is 0 Å². The Morgan fingerprint density at radius 2 is 1.82 bits per heavy atom. The number of ether oxygens (including phenoxy) is 1. The maximum absolute atomic E-state index is 13.5. The van der Waals surface area contributed by atoms with Crippen molar-refractivity contribution >= 4 is 49.8 Å². The number of methoxy groups -OCH3 is 1. The first kappa shape index (κ1) is 23.7. The van der Waals surface area contributed by atoms with Crippen molar-refractivity contribution in [1.29, 1.82) is 0 Å². The molecule has 1 aliphatic rings. The van der Waals surface area contributed by atoms with Crippen LogP contribution in [0.1, 0.15) is 28.6 Å². The summed E-state index contributed by atoms with van der Waals surface area (Å²) in [5.41, 5.74) is 3.46.